The number of fused-ring (bicyclic) bond motifs is 2. The van der Waals surface area contributed by atoms with Crippen LogP contribution < -0.4 is 10.5 Å². The Kier molecular flexibility index (Phi) is 5.94. The third-order valence-electron chi connectivity index (χ3n) is 6.69. The maximum absolute atomic E-state index is 14.0. The molecule has 4 aromatic rings. The Hall–Kier alpha value is -3.88. The van der Waals surface area contributed by atoms with E-state index in [0.717, 1.165) is 40.6 Å². The van der Waals surface area contributed by atoms with Crippen LogP contribution in [0.15, 0.2) is 59.4 Å². The standard InChI is InChI=1S/C27H25F3N4O2/c1-3-18-10-12-20(13-11-18)34-26-25(17(2)31-34)21(27(28,29)30)15-23(35)33(26)16-24(36)32-14-6-8-19-7-4-5-9-22(19)32/h4-5,7,9-13,15H,3,6,8,14,16H2,1-2H3. The molecule has 0 saturated carbocycles. The molecule has 0 fully saturated rings. The van der Waals surface area contributed by atoms with Gasteiger partial charge >= 0.3 is 6.18 Å². The summed E-state index contributed by atoms with van der Waals surface area (Å²) in [5.41, 5.74) is 1.48. The molecule has 2 aromatic carbocycles. The summed E-state index contributed by atoms with van der Waals surface area (Å²) in [6.45, 7) is 3.55. The Labute approximate surface area is 205 Å². The first-order chi connectivity index (χ1) is 17.2. The number of rotatable bonds is 4. The molecule has 0 atom stereocenters. The molecule has 0 radical (unpaired) electrons. The number of hydrogen-bond donors (Lipinski definition) is 0. The van der Waals surface area contributed by atoms with Gasteiger partial charge in [-0.25, -0.2) is 4.68 Å². The maximum Gasteiger partial charge on any atom is 0.417 e. The van der Waals surface area contributed by atoms with E-state index in [2.05, 4.69) is 5.10 Å². The van der Waals surface area contributed by atoms with Crippen molar-refractivity contribution in [3.63, 3.8) is 0 Å². The van der Waals surface area contributed by atoms with Crippen LogP contribution in [0.4, 0.5) is 18.9 Å². The number of halogens is 3. The molecule has 0 spiro atoms. The van der Waals surface area contributed by atoms with Crippen LogP contribution in [0, 0.1) is 6.92 Å². The van der Waals surface area contributed by atoms with Crippen molar-refractivity contribution in [1.82, 2.24) is 14.3 Å². The lowest BCUT2D eigenvalue weighted by molar-refractivity contribution is -0.136. The van der Waals surface area contributed by atoms with Crippen LogP contribution in [-0.2, 0) is 30.4 Å². The highest BCUT2D eigenvalue weighted by atomic mass is 19.4. The van der Waals surface area contributed by atoms with Gasteiger partial charge in [0, 0.05) is 18.3 Å². The molecule has 0 saturated heterocycles. The summed E-state index contributed by atoms with van der Waals surface area (Å²) in [4.78, 5) is 28.2. The van der Waals surface area contributed by atoms with E-state index in [9.17, 15) is 22.8 Å². The third kappa shape index (κ3) is 4.08. The quantitative estimate of drug-likeness (QED) is 0.399. The van der Waals surface area contributed by atoms with E-state index in [1.54, 1.807) is 17.0 Å². The van der Waals surface area contributed by atoms with Gasteiger partial charge in [-0.1, -0.05) is 37.3 Å². The predicted molar refractivity (Wildman–Crippen MR) is 132 cm³/mol. The molecule has 3 heterocycles. The Morgan fingerprint density at radius 1 is 1.08 bits per heavy atom. The van der Waals surface area contributed by atoms with E-state index in [1.165, 1.54) is 11.6 Å². The van der Waals surface area contributed by atoms with Crippen LogP contribution in [0.3, 0.4) is 0 Å². The van der Waals surface area contributed by atoms with Crippen molar-refractivity contribution in [1.29, 1.82) is 0 Å². The summed E-state index contributed by atoms with van der Waals surface area (Å²) in [7, 11) is 0. The third-order valence-corrected chi connectivity index (χ3v) is 6.69. The number of carbonyl (C=O) groups excluding carboxylic acids is 1. The molecule has 0 aliphatic carbocycles. The lowest BCUT2D eigenvalue weighted by atomic mass is 10.0. The predicted octanol–water partition coefficient (Wildman–Crippen LogP) is 5.06. The second kappa shape index (κ2) is 8.96. The highest BCUT2D eigenvalue weighted by molar-refractivity contribution is 5.95. The fourth-order valence-corrected chi connectivity index (χ4v) is 4.90. The molecule has 1 amide bonds. The number of nitrogens with zero attached hydrogens (tertiary/aromatic N) is 4. The molecule has 1 aliphatic heterocycles. The van der Waals surface area contributed by atoms with Gasteiger partial charge in [-0.3, -0.25) is 14.2 Å². The number of para-hydroxylation sites is 1. The van der Waals surface area contributed by atoms with Gasteiger partial charge in [0.15, 0.2) is 0 Å². The summed E-state index contributed by atoms with van der Waals surface area (Å²) in [6.07, 6.45) is -2.35. The molecule has 1 aliphatic rings. The maximum atomic E-state index is 14.0. The minimum atomic E-state index is -4.75. The summed E-state index contributed by atoms with van der Waals surface area (Å²) in [6, 6.07) is 15.3. The van der Waals surface area contributed by atoms with Gasteiger partial charge in [0.2, 0.25) is 5.91 Å². The highest BCUT2D eigenvalue weighted by Gasteiger charge is 2.37. The number of aryl methyl sites for hydroxylation is 3. The van der Waals surface area contributed by atoms with Crippen LogP contribution >= 0.6 is 0 Å². The van der Waals surface area contributed by atoms with Crippen molar-refractivity contribution in [2.45, 2.75) is 45.8 Å². The zero-order chi connectivity index (χ0) is 25.6. The second-order valence-corrected chi connectivity index (χ2v) is 8.97. The Balaban J connectivity index is 1.69. The zero-order valence-corrected chi connectivity index (χ0v) is 20.0. The van der Waals surface area contributed by atoms with E-state index >= 15 is 0 Å². The van der Waals surface area contributed by atoms with E-state index < -0.39 is 23.8 Å². The second-order valence-electron chi connectivity index (χ2n) is 8.97. The molecule has 0 bridgehead atoms. The number of hydrogen-bond acceptors (Lipinski definition) is 3. The molecule has 9 heteroatoms. The normalized spacial score (nSPS) is 13.8. The average Bonchev–Trinajstić information content (AvgIpc) is 3.21. The average molecular weight is 495 g/mol. The Bertz CT molecular complexity index is 1520. The van der Waals surface area contributed by atoms with Crippen molar-refractivity contribution >= 4 is 22.6 Å². The number of alkyl halides is 3. The Morgan fingerprint density at radius 2 is 1.81 bits per heavy atom. The number of anilines is 1. The molecule has 0 N–H and O–H groups in total. The van der Waals surface area contributed by atoms with Crippen LogP contribution in [0.2, 0.25) is 0 Å². The van der Waals surface area contributed by atoms with Gasteiger partial charge in [-0.2, -0.15) is 18.3 Å². The van der Waals surface area contributed by atoms with Gasteiger partial charge in [-0.05, 0) is 55.5 Å². The van der Waals surface area contributed by atoms with Gasteiger partial charge < -0.3 is 4.90 Å². The number of aromatic nitrogens is 3. The van der Waals surface area contributed by atoms with Crippen LogP contribution in [0.1, 0.15) is 35.7 Å². The summed E-state index contributed by atoms with van der Waals surface area (Å²) >= 11 is 0. The molecular formula is C27H25F3N4O2. The number of amides is 1. The summed E-state index contributed by atoms with van der Waals surface area (Å²) < 4.78 is 44.4. The van der Waals surface area contributed by atoms with Crippen LogP contribution in [0.25, 0.3) is 16.7 Å². The van der Waals surface area contributed by atoms with E-state index in [4.69, 9.17) is 0 Å². The lowest BCUT2D eigenvalue weighted by Crippen LogP contribution is -2.40. The van der Waals surface area contributed by atoms with E-state index in [0.29, 0.717) is 18.3 Å². The van der Waals surface area contributed by atoms with Gasteiger partial charge in [-0.15, -0.1) is 0 Å². The van der Waals surface area contributed by atoms with Crippen molar-refractivity contribution in [2.24, 2.45) is 0 Å². The smallest absolute Gasteiger partial charge is 0.311 e. The first kappa shape index (κ1) is 23.8. The molecule has 6 nitrogen and oxygen atoms in total. The SMILES string of the molecule is CCc1ccc(-n2nc(C)c3c(C(F)(F)F)cc(=O)n(CC(=O)N4CCCc5ccccc54)c32)cc1. The monoisotopic (exact) mass is 494 g/mol. The molecule has 36 heavy (non-hydrogen) atoms. The van der Waals surface area contributed by atoms with E-state index in [-0.39, 0.29) is 22.6 Å². The highest BCUT2D eigenvalue weighted by Crippen LogP contribution is 2.36. The molecule has 186 valence electrons. The van der Waals surface area contributed by atoms with Gasteiger partial charge in [0.05, 0.1) is 22.3 Å². The van der Waals surface area contributed by atoms with Crippen LogP contribution in [0.5, 0.6) is 0 Å². The summed E-state index contributed by atoms with van der Waals surface area (Å²) in [5, 5.41) is 4.19. The lowest BCUT2D eigenvalue weighted by Gasteiger charge is -2.29. The first-order valence-electron chi connectivity index (χ1n) is 11.9. The number of benzene rings is 2. The fourth-order valence-electron chi connectivity index (χ4n) is 4.90. The van der Waals surface area contributed by atoms with Crippen molar-refractivity contribution in [3.8, 4) is 5.69 Å². The van der Waals surface area contributed by atoms with Gasteiger partial charge in [0.25, 0.3) is 5.56 Å². The minimum Gasteiger partial charge on any atom is -0.311 e. The first-order valence-corrected chi connectivity index (χ1v) is 11.9. The van der Waals surface area contributed by atoms with Gasteiger partial charge in [0.1, 0.15) is 12.2 Å². The topological polar surface area (TPSA) is 60.1 Å². The minimum absolute atomic E-state index is 0.0461. The Morgan fingerprint density at radius 3 is 2.50 bits per heavy atom. The van der Waals surface area contributed by atoms with Crippen molar-refractivity contribution in [2.75, 3.05) is 11.4 Å². The largest absolute Gasteiger partial charge is 0.417 e. The summed E-state index contributed by atoms with van der Waals surface area (Å²) in [5.74, 6) is -0.364. The van der Waals surface area contributed by atoms with Crippen LogP contribution in [-0.4, -0.2) is 26.8 Å². The zero-order valence-electron chi connectivity index (χ0n) is 20.0. The van der Waals surface area contributed by atoms with Crippen molar-refractivity contribution in [3.05, 3.63) is 87.3 Å². The fraction of sp³-hybridized carbons (Fsp3) is 0.296. The van der Waals surface area contributed by atoms with Crippen molar-refractivity contribution < 1.29 is 18.0 Å². The molecule has 2 aromatic heterocycles. The number of carbonyl (C=O) groups is 1. The molecule has 0 unspecified atom stereocenters. The molecule has 5 rings (SSSR count). The van der Waals surface area contributed by atoms with E-state index in [1.807, 2.05) is 43.3 Å². The number of pyridine rings is 1. The molecular weight excluding hydrogens is 469 g/mol.